The molecule has 0 saturated carbocycles. The molecule has 0 radical (unpaired) electrons. The van der Waals surface area contributed by atoms with Crippen LogP contribution in [-0.4, -0.2) is 46.9 Å². The summed E-state index contributed by atoms with van der Waals surface area (Å²) < 4.78 is 0. The topological polar surface area (TPSA) is 79.6 Å². The highest BCUT2D eigenvalue weighted by atomic mass is 35.5. The molecule has 9 heteroatoms. The standard InChI is InChI=1S/C26H20Cl2N4O3/c27-17-5-10-21(23(28)15-17)25-16-22(20-3-1-2-4-24(20)29-25)26(33)31-13-11-30(12-14-31)18-6-8-19(9-7-18)32(34)35/h1-10,15-16H,11-14H2. The molecule has 0 bridgehead atoms. The predicted molar refractivity (Wildman–Crippen MR) is 138 cm³/mol. The number of aromatic nitrogens is 1. The van der Waals surface area contributed by atoms with E-state index < -0.39 is 4.92 Å². The third-order valence-electron chi connectivity index (χ3n) is 6.15. The van der Waals surface area contributed by atoms with E-state index in [1.807, 2.05) is 29.2 Å². The maximum absolute atomic E-state index is 13.6. The van der Waals surface area contributed by atoms with Crippen molar-refractivity contribution in [2.75, 3.05) is 31.1 Å². The lowest BCUT2D eigenvalue weighted by molar-refractivity contribution is -0.384. The van der Waals surface area contributed by atoms with Crippen molar-refractivity contribution >= 4 is 51.4 Å². The first-order valence-corrected chi connectivity index (χ1v) is 11.8. The fourth-order valence-electron chi connectivity index (χ4n) is 4.31. The second-order valence-electron chi connectivity index (χ2n) is 8.25. The number of nitro groups is 1. The molecule has 2 heterocycles. The van der Waals surface area contributed by atoms with Crippen molar-refractivity contribution in [1.82, 2.24) is 9.88 Å². The van der Waals surface area contributed by atoms with Crippen LogP contribution in [0.2, 0.25) is 10.0 Å². The molecule has 176 valence electrons. The molecule has 1 aromatic heterocycles. The van der Waals surface area contributed by atoms with Crippen LogP contribution in [0.5, 0.6) is 0 Å². The van der Waals surface area contributed by atoms with Gasteiger partial charge in [-0.25, -0.2) is 4.98 Å². The number of para-hydroxylation sites is 1. The minimum Gasteiger partial charge on any atom is -0.368 e. The van der Waals surface area contributed by atoms with E-state index in [1.165, 1.54) is 12.1 Å². The number of nitrogens with zero attached hydrogens (tertiary/aromatic N) is 4. The molecule has 0 atom stereocenters. The van der Waals surface area contributed by atoms with E-state index >= 15 is 0 Å². The van der Waals surface area contributed by atoms with E-state index in [1.54, 1.807) is 36.4 Å². The molecule has 1 fully saturated rings. The van der Waals surface area contributed by atoms with Crippen molar-refractivity contribution < 1.29 is 9.72 Å². The Bertz CT molecular complexity index is 1430. The highest BCUT2D eigenvalue weighted by molar-refractivity contribution is 6.36. The first-order valence-electron chi connectivity index (χ1n) is 11.0. The lowest BCUT2D eigenvalue weighted by Crippen LogP contribution is -2.48. The van der Waals surface area contributed by atoms with Crippen molar-refractivity contribution in [3.05, 3.63) is 98.5 Å². The van der Waals surface area contributed by atoms with E-state index in [-0.39, 0.29) is 11.6 Å². The molecule has 1 saturated heterocycles. The van der Waals surface area contributed by atoms with Gasteiger partial charge in [-0.05, 0) is 42.5 Å². The Balaban J connectivity index is 1.41. The molecule has 3 aromatic carbocycles. The number of carbonyl (C=O) groups excluding carboxylic acids is 1. The third-order valence-corrected chi connectivity index (χ3v) is 6.69. The number of piperazine rings is 1. The highest BCUT2D eigenvalue weighted by Crippen LogP contribution is 2.32. The molecule has 1 amide bonds. The number of pyridine rings is 1. The number of anilines is 1. The van der Waals surface area contributed by atoms with Gasteiger partial charge in [0, 0.05) is 60.0 Å². The summed E-state index contributed by atoms with van der Waals surface area (Å²) in [5, 5.41) is 12.7. The van der Waals surface area contributed by atoms with E-state index in [4.69, 9.17) is 28.2 Å². The zero-order valence-electron chi connectivity index (χ0n) is 18.5. The lowest BCUT2D eigenvalue weighted by Gasteiger charge is -2.36. The van der Waals surface area contributed by atoms with Crippen LogP contribution >= 0.6 is 23.2 Å². The van der Waals surface area contributed by atoms with Crippen LogP contribution in [0.25, 0.3) is 22.2 Å². The van der Waals surface area contributed by atoms with Gasteiger partial charge in [0.15, 0.2) is 0 Å². The second-order valence-corrected chi connectivity index (χ2v) is 9.09. The molecular formula is C26H20Cl2N4O3. The molecular weight excluding hydrogens is 487 g/mol. The maximum Gasteiger partial charge on any atom is 0.269 e. The van der Waals surface area contributed by atoms with Gasteiger partial charge in [0.05, 0.1) is 26.7 Å². The van der Waals surface area contributed by atoms with Crippen molar-refractivity contribution in [1.29, 1.82) is 0 Å². The summed E-state index contributed by atoms with van der Waals surface area (Å²) in [5.41, 5.74) is 3.56. The smallest absolute Gasteiger partial charge is 0.269 e. The monoisotopic (exact) mass is 506 g/mol. The number of amides is 1. The zero-order chi connectivity index (χ0) is 24.5. The summed E-state index contributed by atoms with van der Waals surface area (Å²) in [6.45, 7) is 2.32. The summed E-state index contributed by atoms with van der Waals surface area (Å²) >= 11 is 12.5. The Hall–Kier alpha value is -3.68. The number of halogens is 2. The first-order chi connectivity index (χ1) is 16.9. The number of fused-ring (bicyclic) bond motifs is 1. The lowest BCUT2D eigenvalue weighted by atomic mass is 10.0. The summed E-state index contributed by atoms with van der Waals surface area (Å²) in [5.74, 6) is -0.0710. The molecule has 0 unspecified atom stereocenters. The fraction of sp³-hybridized carbons (Fsp3) is 0.154. The molecule has 1 aliphatic rings. The van der Waals surface area contributed by atoms with Gasteiger partial charge in [-0.1, -0.05) is 41.4 Å². The van der Waals surface area contributed by atoms with Crippen LogP contribution < -0.4 is 4.90 Å². The minimum absolute atomic E-state index is 0.0590. The Morgan fingerprint density at radius 2 is 1.63 bits per heavy atom. The molecule has 7 nitrogen and oxygen atoms in total. The Labute approximate surface area is 211 Å². The average molecular weight is 507 g/mol. The van der Waals surface area contributed by atoms with Gasteiger partial charge in [0.1, 0.15) is 0 Å². The van der Waals surface area contributed by atoms with Crippen LogP contribution in [0.15, 0.2) is 72.8 Å². The van der Waals surface area contributed by atoms with E-state index in [2.05, 4.69) is 4.90 Å². The van der Waals surface area contributed by atoms with Gasteiger partial charge in [0.25, 0.3) is 11.6 Å². The maximum atomic E-state index is 13.6. The van der Waals surface area contributed by atoms with Gasteiger partial charge in [-0.2, -0.15) is 0 Å². The van der Waals surface area contributed by atoms with Crippen LogP contribution in [0, 0.1) is 10.1 Å². The summed E-state index contributed by atoms with van der Waals surface area (Å²) in [6.07, 6.45) is 0. The number of nitro benzene ring substituents is 1. The number of non-ortho nitro benzene ring substituents is 1. The average Bonchev–Trinajstić information content (AvgIpc) is 2.88. The normalized spacial score (nSPS) is 13.8. The largest absolute Gasteiger partial charge is 0.368 e. The second kappa shape index (κ2) is 9.52. The molecule has 1 aliphatic heterocycles. The number of hydrogen-bond donors (Lipinski definition) is 0. The summed E-state index contributed by atoms with van der Waals surface area (Å²) in [7, 11) is 0. The van der Waals surface area contributed by atoms with Crippen LogP contribution in [0.1, 0.15) is 10.4 Å². The number of hydrogen-bond acceptors (Lipinski definition) is 5. The van der Waals surface area contributed by atoms with Gasteiger partial charge < -0.3 is 9.80 Å². The van der Waals surface area contributed by atoms with Crippen molar-refractivity contribution in [3.63, 3.8) is 0 Å². The van der Waals surface area contributed by atoms with Crippen molar-refractivity contribution in [2.24, 2.45) is 0 Å². The van der Waals surface area contributed by atoms with Gasteiger partial charge >= 0.3 is 0 Å². The van der Waals surface area contributed by atoms with Crippen LogP contribution in [0.4, 0.5) is 11.4 Å². The number of rotatable bonds is 4. The summed E-state index contributed by atoms with van der Waals surface area (Å²) in [6, 6.07) is 21.1. The fourth-order valence-corrected chi connectivity index (χ4v) is 4.82. The molecule has 0 spiro atoms. The third kappa shape index (κ3) is 4.65. The predicted octanol–water partition coefficient (Wildman–Crippen LogP) is 6.08. The number of carbonyl (C=O) groups is 1. The molecule has 4 aromatic rings. The van der Waals surface area contributed by atoms with E-state index in [9.17, 15) is 14.9 Å². The van der Waals surface area contributed by atoms with E-state index in [0.717, 1.165) is 11.1 Å². The van der Waals surface area contributed by atoms with Gasteiger partial charge in [-0.15, -0.1) is 0 Å². The molecule has 35 heavy (non-hydrogen) atoms. The Morgan fingerprint density at radius 1 is 0.914 bits per heavy atom. The quantitative estimate of drug-likeness (QED) is 0.247. The highest BCUT2D eigenvalue weighted by Gasteiger charge is 2.25. The van der Waals surface area contributed by atoms with Gasteiger partial charge in [0.2, 0.25) is 0 Å². The van der Waals surface area contributed by atoms with Crippen LogP contribution in [-0.2, 0) is 0 Å². The van der Waals surface area contributed by atoms with Crippen molar-refractivity contribution in [3.8, 4) is 11.3 Å². The number of benzene rings is 3. The minimum atomic E-state index is -0.412. The zero-order valence-corrected chi connectivity index (χ0v) is 20.0. The van der Waals surface area contributed by atoms with Crippen molar-refractivity contribution in [2.45, 2.75) is 0 Å². The summed E-state index contributed by atoms with van der Waals surface area (Å²) in [4.78, 5) is 32.8. The molecule has 0 aliphatic carbocycles. The SMILES string of the molecule is O=C(c1cc(-c2ccc(Cl)cc2Cl)nc2ccccc12)N1CCN(c2ccc([N+](=O)[O-])cc2)CC1. The van der Waals surface area contributed by atoms with Gasteiger partial charge in [-0.3, -0.25) is 14.9 Å². The Morgan fingerprint density at radius 3 is 2.31 bits per heavy atom. The van der Waals surface area contributed by atoms with E-state index in [0.29, 0.717) is 58.6 Å². The first kappa shape index (κ1) is 23.1. The Kier molecular flexibility index (Phi) is 6.28. The van der Waals surface area contributed by atoms with Crippen LogP contribution in [0.3, 0.4) is 0 Å². The molecule has 0 N–H and O–H groups in total. The molecule has 5 rings (SSSR count).